The van der Waals surface area contributed by atoms with Crippen LogP contribution in [0.3, 0.4) is 0 Å². The Hall–Kier alpha value is -1.12. The molecule has 0 aliphatic heterocycles. The summed E-state index contributed by atoms with van der Waals surface area (Å²) in [6.45, 7) is 0.0202. The average molecular weight is 275 g/mol. The molecule has 0 aliphatic carbocycles. The number of hydrogen-bond acceptors (Lipinski definition) is 7. The molecule has 1 amide bonds. The molecule has 1 heterocycles. The van der Waals surface area contributed by atoms with Crippen molar-refractivity contribution < 1.29 is 19.5 Å². The summed E-state index contributed by atoms with van der Waals surface area (Å²) in [6.07, 6.45) is 1.77. The van der Waals surface area contributed by atoms with Crippen LogP contribution in [0.25, 0.3) is 0 Å². The number of aromatic nitrogens is 2. The number of hydrogen-bond donors (Lipinski definition) is 3. The number of aliphatic hydroxyl groups is 2. The first kappa shape index (κ1) is 14.9. The highest BCUT2D eigenvalue weighted by atomic mass is 32.2. The van der Waals surface area contributed by atoms with E-state index < -0.39 is 12.0 Å². The van der Waals surface area contributed by atoms with Gasteiger partial charge >= 0.3 is 0 Å². The molecule has 1 aromatic heterocycles. The minimum atomic E-state index is -0.976. The summed E-state index contributed by atoms with van der Waals surface area (Å²) in [7, 11) is 0. The van der Waals surface area contributed by atoms with Crippen molar-refractivity contribution >= 4 is 17.7 Å². The van der Waals surface area contributed by atoms with Gasteiger partial charge in [0.25, 0.3) is 5.89 Å². The van der Waals surface area contributed by atoms with Gasteiger partial charge in [-0.1, -0.05) is 5.16 Å². The van der Waals surface area contributed by atoms with Gasteiger partial charge in [0.05, 0.1) is 0 Å². The molecule has 0 aliphatic rings. The Kier molecular flexibility index (Phi) is 6.69. The first-order chi connectivity index (χ1) is 8.67. The number of amides is 1. The number of thioether (sulfide) groups is 1. The molecule has 0 spiro atoms. The Labute approximate surface area is 109 Å². The predicted octanol–water partition coefficient (Wildman–Crippen LogP) is -0.665. The van der Waals surface area contributed by atoms with E-state index in [9.17, 15) is 9.90 Å². The van der Waals surface area contributed by atoms with Crippen molar-refractivity contribution in [3.05, 3.63) is 11.7 Å². The van der Waals surface area contributed by atoms with E-state index in [-0.39, 0.29) is 12.5 Å². The Balaban J connectivity index is 2.22. The predicted molar refractivity (Wildman–Crippen MR) is 65.9 cm³/mol. The van der Waals surface area contributed by atoms with Crippen molar-refractivity contribution in [3.8, 4) is 0 Å². The number of rotatable bonds is 8. The van der Waals surface area contributed by atoms with Crippen LogP contribution in [0.1, 0.15) is 18.1 Å². The lowest BCUT2D eigenvalue weighted by Crippen LogP contribution is -2.36. The average Bonchev–Trinajstić information content (AvgIpc) is 2.83. The molecule has 18 heavy (non-hydrogen) atoms. The topological polar surface area (TPSA) is 108 Å². The Bertz CT molecular complexity index is 372. The molecule has 0 saturated carbocycles. The lowest BCUT2D eigenvalue weighted by molar-refractivity contribution is -0.129. The van der Waals surface area contributed by atoms with Crippen molar-refractivity contribution in [2.45, 2.75) is 25.6 Å². The largest absolute Gasteiger partial charge is 0.387 e. The highest BCUT2D eigenvalue weighted by molar-refractivity contribution is 7.98. The fourth-order valence-electron chi connectivity index (χ4n) is 1.23. The Morgan fingerprint density at radius 2 is 2.39 bits per heavy atom. The van der Waals surface area contributed by atoms with E-state index in [1.807, 2.05) is 6.26 Å². The number of carbonyl (C=O) groups is 1. The van der Waals surface area contributed by atoms with Gasteiger partial charge in [-0.2, -0.15) is 16.7 Å². The lowest BCUT2D eigenvalue weighted by Gasteiger charge is -2.09. The van der Waals surface area contributed by atoms with Crippen LogP contribution in [-0.4, -0.2) is 50.9 Å². The highest BCUT2D eigenvalue weighted by Gasteiger charge is 2.14. The van der Waals surface area contributed by atoms with Crippen molar-refractivity contribution in [2.24, 2.45) is 0 Å². The number of nitrogens with one attached hydrogen (secondary N) is 1. The minimum absolute atomic E-state index is 0.149. The normalized spacial score (nSPS) is 12.4. The van der Waals surface area contributed by atoms with Crippen molar-refractivity contribution in [1.82, 2.24) is 15.5 Å². The molecule has 0 radical (unpaired) electrons. The zero-order valence-corrected chi connectivity index (χ0v) is 10.9. The summed E-state index contributed by atoms with van der Waals surface area (Å²) in [5.41, 5.74) is 0. The molecule has 102 valence electrons. The van der Waals surface area contributed by atoms with E-state index in [1.165, 1.54) is 0 Å². The summed E-state index contributed by atoms with van der Waals surface area (Å²) in [5, 5.41) is 24.4. The van der Waals surface area contributed by atoms with Gasteiger partial charge in [0, 0.05) is 13.0 Å². The highest BCUT2D eigenvalue weighted by Crippen LogP contribution is 2.01. The SMILES string of the molecule is CSCC[C@H](O)C(=O)NCCc1noc(CO)n1. The molecular weight excluding hydrogens is 258 g/mol. The quantitative estimate of drug-likeness (QED) is 0.577. The van der Waals surface area contributed by atoms with Crippen LogP contribution < -0.4 is 5.32 Å². The zero-order chi connectivity index (χ0) is 13.4. The third-order valence-corrected chi connectivity index (χ3v) is 2.84. The molecule has 1 aromatic rings. The third kappa shape index (κ3) is 5.03. The van der Waals surface area contributed by atoms with E-state index in [1.54, 1.807) is 11.8 Å². The van der Waals surface area contributed by atoms with Crippen LogP contribution in [0.15, 0.2) is 4.52 Å². The van der Waals surface area contributed by atoms with Crippen molar-refractivity contribution in [3.63, 3.8) is 0 Å². The van der Waals surface area contributed by atoms with Gasteiger partial charge in [-0.05, 0) is 18.4 Å². The van der Waals surface area contributed by atoms with Gasteiger partial charge < -0.3 is 20.1 Å². The number of nitrogens with zero attached hydrogens (tertiary/aromatic N) is 2. The maximum absolute atomic E-state index is 11.4. The molecule has 0 saturated heterocycles. The van der Waals surface area contributed by atoms with Crippen LogP contribution >= 0.6 is 11.8 Å². The van der Waals surface area contributed by atoms with Gasteiger partial charge in [-0.3, -0.25) is 4.79 Å². The van der Waals surface area contributed by atoms with Gasteiger partial charge in [-0.25, -0.2) is 0 Å². The van der Waals surface area contributed by atoms with E-state index in [0.29, 0.717) is 25.2 Å². The summed E-state index contributed by atoms with van der Waals surface area (Å²) < 4.78 is 4.70. The second-order valence-corrected chi connectivity index (χ2v) is 4.59. The van der Waals surface area contributed by atoms with Crippen LogP contribution in [0.5, 0.6) is 0 Å². The molecule has 3 N–H and O–H groups in total. The molecule has 0 bridgehead atoms. The van der Waals surface area contributed by atoms with Crippen molar-refractivity contribution in [1.29, 1.82) is 0 Å². The molecule has 7 nitrogen and oxygen atoms in total. The number of aliphatic hydroxyl groups excluding tert-OH is 2. The second-order valence-electron chi connectivity index (χ2n) is 3.60. The summed E-state index contributed by atoms with van der Waals surface area (Å²) in [6, 6.07) is 0. The standard InChI is InChI=1S/C10H17N3O4S/c1-18-5-3-7(15)10(16)11-4-2-8-12-9(6-14)17-13-8/h7,14-15H,2-6H2,1H3,(H,11,16)/t7-/m0/s1. The smallest absolute Gasteiger partial charge is 0.252 e. The van der Waals surface area contributed by atoms with Gasteiger partial charge in [0.2, 0.25) is 5.91 Å². The van der Waals surface area contributed by atoms with E-state index in [2.05, 4.69) is 15.5 Å². The molecule has 1 rings (SSSR count). The van der Waals surface area contributed by atoms with Crippen LogP contribution in [0, 0.1) is 0 Å². The monoisotopic (exact) mass is 275 g/mol. The zero-order valence-electron chi connectivity index (χ0n) is 10.1. The number of carbonyl (C=O) groups excluding carboxylic acids is 1. The van der Waals surface area contributed by atoms with Gasteiger partial charge in [-0.15, -0.1) is 0 Å². The first-order valence-corrected chi connectivity index (χ1v) is 6.93. The molecule has 0 aromatic carbocycles. The second kappa shape index (κ2) is 8.06. The van der Waals surface area contributed by atoms with E-state index in [4.69, 9.17) is 9.63 Å². The third-order valence-electron chi connectivity index (χ3n) is 2.19. The van der Waals surface area contributed by atoms with E-state index in [0.717, 1.165) is 5.75 Å². The Morgan fingerprint density at radius 3 is 3.00 bits per heavy atom. The summed E-state index contributed by atoms with van der Waals surface area (Å²) in [5.74, 6) is 0.906. The molecule has 8 heteroatoms. The first-order valence-electron chi connectivity index (χ1n) is 5.54. The minimum Gasteiger partial charge on any atom is -0.387 e. The van der Waals surface area contributed by atoms with Crippen LogP contribution in [0.4, 0.5) is 0 Å². The van der Waals surface area contributed by atoms with Crippen molar-refractivity contribution in [2.75, 3.05) is 18.6 Å². The molecule has 0 fully saturated rings. The Morgan fingerprint density at radius 1 is 1.61 bits per heavy atom. The summed E-state index contributed by atoms with van der Waals surface area (Å²) >= 11 is 1.58. The molecule has 0 unspecified atom stereocenters. The van der Waals surface area contributed by atoms with Crippen LogP contribution in [0.2, 0.25) is 0 Å². The van der Waals surface area contributed by atoms with Gasteiger partial charge in [0.15, 0.2) is 5.82 Å². The van der Waals surface area contributed by atoms with Crippen LogP contribution in [-0.2, 0) is 17.8 Å². The lowest BCUT2D eigenvalue weighted by atomic mass is 10.2. The fourth-order valence-corrected chi connectivity index (χ4v) is 1.69. The molecular formula is C10H17N3O4S. The maximum atomic E-state index is 11.4. The molecule has 1 atom stereocenters. The summed E-state index contributed by atoms with van der Waals surface area (Å²) in [4.78, 5) is 15.3. The fraction of sp³-hybridized carbons (Fsp3) is 0.700. The van der Waals surface area contributed by atoms with E-state index >= 15 is 0 Å². The maximum Gasteiger partial charge on any atom is 0.252 e. The van der Waals surface area contributed by atoms with Gasteiger partial charge in [0.1, 0.15) is 12.7 Å².